The number of aromatic nitrogens is 1. The topological polar surface area (TPSA) is 88.2 Å². The second kappa shape index (κ2) is 10.2. The molecular formula is C23H27N3O2S. The number of thiazole rings is 1. The molecule has 0 fully saturated rings. The van der Waals surface area contributed by atoms with Crippen molar-refractivity contribution in [3.8, 4) is 0 Å². The van der Waals surface area contributed by atoms with E-state index in [2.05, 4.69) is 4.98 Å². The summed E-state index contributed by atoms with van der Waals surface area (Å²) in [6.07, 6.45) is -9.99. The molecule has 0 radical (unpaired) electrons. The molecule has 3 aromatic rings. The van der Waals surface area contributed by atoms with Crippen LogP contribution in [0.4, 0.5) is 10.8 Å². The number of amides is 1. The van der Waals surface area contributed by atoms with Crippen LogP contribution in [-0.2, 0) is 17.6 Å². The van der Waals surface area contributed by atoms with Crippen molar-refractivity contribution < 1.29 is 29.1 Å². The van der Waals surface area contributed by atoms with Gasteiger partial charge in [-0.25, -0.2) is 4.98 Å². The quantitative estimate of drug-likeness (QED) is 0.467. The highest BCUT2D eigenvalue weighted by Gasteiger charge is 2.08. The zero-order valence-corrected chi connectivity index (χ0v) is 16.2. The van der Waals surface area contributed by atoms with E-state index in [9.17, 15) is 9.90 Å². The van der Waals surface area contributed by atoms with Crippen molar-refractivity contribution in [2.75, 3.05) is 11.1 Å². The Hall–Kier alpha value is -2.70. The molecule has 0 spiro atoms. The van der Waals surface area contributed by atoms with Gasteiger partial charge in [-0.1, -0.05) is 48.2 Å². The predicted molar refractivity (Wildman–Crippen MR) is 119 cm³/mol. The zero-order chi connectivity index (χ0) is 33.0. The molecule has 0 aliphatic carbocycles. The van der Waals surface area contributed by atoms with Gasteiger partial charge in [-0.15, -0.1) is 11.3 Å². The molecule has 0 aliphatic rings. The van der Waals surface area contributed by atoms with Crippen LogP contribution in [0.15, 0.2) is 53.7 Å². The van der Waals surface area contributed by atoms with E-state index in [0.29, 0.717) is 11.3 Å². The summed E-state index contributed by atoms with van der Waals surface area (Å²) in [5.74, 6) is -1.43. The lowest BCUT2D eigenvalue weighted by molar-refractivity contribution is -0.115. The highest BCUT2D eigenvalue weighted by Crippen LogP contribution is 2.21. The van der Waals surface area contributed by atoms with Crippen molar-refractivity contribution >= 4 is 28.1 Å². The Morgan fingerprint density at radius 3 is 2.90 bits per heavy atom. The Balaban J connectivity index is 1.88. The minimum absolute atomic E-state index is 0.0376. The first-order chi connectivity index (χ1) is 19.5. The summed E-state index contributed by atoms with van der Waals surface area (Å²) in [6, 6.07) is -5.28. The smallest absolute Gasteiger partial charge is 0.230 e. The third kappa shape index (κ3) is 6.69. The second-order valence-electron chi connectivity index (χ2n) is 5.81. The number of aliphatic hydroxyl groups is 1. The van der Waals surface area contributed by atoms with Gasteiger partial charge in [0.05, 0.1) is 31.9 Å². The fourth-order valence-corrected chi connectivity index (χ4v) is 2.61. The number of nitrogens with one attached hydrogen (secondary N) is 1. The lowest BCUT2D eigenvalue weighted by Gasteiger charge is -2.11. The minimum Gasteiger partial charge on any atom is -0.388 e. The molecule has 5 nitrogen and oxygen atoms in total. The molecule has 1 aromatic heterocycles. The van der Waals surface area contributed by atoms with Gasteiger partial charge < -0.3 is 16.2 Å². The van der Waals surface area contributed by atoms with Crippen LogP contribution in [0, 0.1) is 6.92 Å². The van der Waals surface area contributed by atoms with E-state index in [0.717, 1.165) is 0 Å². The molecule has 0 bridgehead atoms. The number of carbonyl (C=O) groups is 1. The standard InChI is InChI=1S/C23H27N3O2S/c1-16-5-4-7-18(13-16)21(27)8-3-2-6-17-9-11-19(12-10-17)25-22(28)14-20-15-29-23(24)26-20/h4-5,7,9-13,15,21,27H,2-3,6,8,14H2,1H3,(H2,24,26)(H,25,28)/t21-/m0/s1/i2D2,4D,5D,7D,9D,10D,11D,12D,13D,14D2,15D,21D. The Kier molecular flexibility index (Phi) is 3.30. The fraction of sp³-hybridized carbons (Fsp3) is 0.304. The van der Waals surface area contributed by atoms with Crippen molar-refractivity contribution in [3.05, 3.63) is 76.1 Å². The Bertz CT molecular complexity index is 1550. The zero-order valence-electron chi connectivity index (χ0n) is 29.4. The van der Waals surface area contributed by atoms with E-state index in [-0.39, 0.29) is 10.7 Å². The number of carbonyl (C=O) groups excluding carboxylic acids is 1. The monoisotopic (exact) mass is 423 g/mol. The van der Waals surface area contributed by atoms with Crippen LogP contribution in [0.5, 0.6) is 0 Å². The summed E-state index contributed by atoms with van der Waals surface area (Å²) in [5.41, 5.74) is 3.19. The Morgan fingerprint density at radius 2 is 2.17 bits per heavy atom. The minimum atomic E-state index is -2.92. The molecule has 3 rings (SSSR count). The van der Waals surface area contributed by atoms with Gasteiger partial charge in [0, 0.05) is 16.5 Å². The third-order valence-electron chi connectivity index (χ3n) is 3.50. The number of nitrogens with two attached hydrogens (primary N) is 1. The highest BCUT2D eigenvalue weighted by molar-refractivity contribution is 7.13. The Labute approximate surface area is 195 Å². The summed E-state index contributed by atoms with van der Waals surface area (Å²) in [6.45, 7) is 1.32. The first-order valence-electron chi connectivity index (χ1n) is 15.5. The highest BCUT2D eigenvalue weighted by atomic mass is 32.1. The molecule has 1 heterocycles. The summed E-state index contributed by atoms with van der Waals surface area (Å²) >= 11 is 0.627. The molecule has 152 valence electrons. The molecule has 1 amide bonds. The SMILES string of the molecule is [2H]c1sc(N)nc1C([2H])([2H])C(=O)Nc1c([2H])c([2H])c(CC([2H])([2H])CC[C@]([2H])(O)c2c([2H])c([2H])c([2H])c(C)c2[2H])c([2H])c1[2H]. The van der Waals surface area contributed by atoms with E-state index in [1.165, 1.54) is 6.92 Å². The van der Waals surface area contributed by atoms with Crippen molar-refractivity contribution in [3.63, 3.8) is 0 Å². The lowest BCUT2D eigenvalue weighted by Crippen LogP contribution is -2.14. The maximum Gasteiger partial charge on any atom is 0.230 e. The van der Waals surface area contributed by atoms with Crippen LogP contribution in [-0.4, -0.2) is 16.0 Å². The van der Waals surface area contributed by atoms with Crippen molar-refractivity contribution in [1.82, 2.24) is 4.98 Å². The number of rotatable bonds is 9. The molecule has 0 saturated heterocycles. The van der Waals surface area contributed by atoms with Gasteiger partial charge in [-0.2, -0.15) is 0 Å². The van der Waals surface area contributed by atoms with Crippen LogP contribution in [0.25, 0.3) is 0 Å². The molecular weight excluding hydrogens is 382 g/mol. The number of benzene rings is 2. The molecule has 2 aromatic carbocycles. The summed E-state index contributed by atoms with van der Waals surface area (Å²) in [4.78, 5) is 16.4. The van der Waals surface area contributed by atoms with E-state index in [4.69, 9.17) is 24.9 Å². The van der Waals surface area contributed by atoms with Crippen LogP contribution >= 0.6 is 11.3 Å². The van der Waals surface area contributed by atoms with Gasteiger partial charge in [0.1, 0.15) is 0 Å². The van der Waals surface area contributed by atoms with E-state index in [1.54, 1.807) is 0 Å². The van der Waals surface area contributed by atoms with Gasteiger partial charge in [0.2, 0.25) is 5.91 Å². The molecule has 0 saturated carbocycles. The first-order valence-corrected chi connectivity index (χ1v) is 9.30. The van der Waals surface area contributed by atoms with Crippen LogP contribution in [0.2, 0.25) is 0 Å². The maximum atomic E-state index is 12.8. The number of hydrogen-bond donors (Lipinski definition) is 3. The average Bonchev–Trinajstić information content (AvgIpc) is 3.27. The average molecular weight is 424 g/mol. The summed E-state index contributed by atoms with van der Waals surface area (Å²) in [5, 5.41) is 12.2. The molecule has 0 unspecified atom stereocenters. The van der Waals surface area contributed by atoms with Crippen LogP contribution < -0.4 is 11.1 Å². The van der Waals surface area contributed by atoms with Gasteiger partial charge in [0.15, 0.2) is 5.13 Å². The van der Waals surface area contributed by atoms with Crippen LogP contribution in [0.3, 0.4) is 0 Å². The van der Waals surface area contributed by atoms with Gasteiger partial charge in [0.25, 0.3) is 0 Å². The van der Waals surface area contributed by atoms with Gasteiger partial charge in [-0.05, 0) is 49.4 Å². The van der Waals surface area contributed by atoms with Crippen molar-refractivity contribution in [2.24, 2.45) is 0 Å². The predicted octanol–water partition coefficient (Wildman–Crippen LogP) is 4.66. The lowest BCUT2D eigenvalue weighted by atomic mass is 10.00. The first kappa shape index (κ1) is 9.41. The van der Waals surface area contributed by atoms with Gasteiger partial charge in [-0.3, -0.25) is 4.79 Å². The van der Waals surface area contributed by atoms with E-state index < -0.39 is 120 Å². The second-order valence-corrected chi connectivity index (χ2v) is 6.64. The van der Waals surface area contributed by atoms with E-state index in [1.807, 2.05) is 5.32 Å². The summed E-state index contributed by atoms with van der Waals surface area (Å²) < 4.78 is 114. The number of anilines is 2. The number of hydrogen-bond acceptors (Lipinski definition) is 5. The largest absolute Gasteiger partial charge is 0.388 e. The number of nitrogen functional groups attached to an aromatic ring is 1. The van der Waals surface area contributed by atoms with E-state index >= 15 is 0 Å². The fourth-order valence-electron chi connectivity index (χ4n) is 2.18. The normalized spacial score (nSPS) is 20.9. The Morgan fingerprint density at radius 1 is 1.38 bits per heavy atom. The maximum absolute atomic E-state index is 12.8. The molecule has 1 atom stereocenters. The molecule has 0 aliphatic heterocycles. The molecule has 29 heavy (non-hydrogen) atoms. The van der Waals surface area contributed by atoms with Crippen molar-refractivity contribution in [2.45, 2.75) is 45.0 Å². The molecule has 6 heteroatoms. The molecule has 4 N–H and O–H groups in total. The van der Waals surface area contributed by atoms with Gasteiger partial charge >= 0.3 is 0 Å². The van der Waals surface area contributed by atoms with Crippen LogP contribution in [0.1, 0.15) is 66.9 Å². The third-order valence-corrected chi connectivity index (χ3v) is 4.10. The summed E-state index contributed by atoms with van der Waals surface area (Å²) in [7, 11) is 0. The number of nitrogens with zero attached hydrogens (tertiary/aromatic N) is 1. The van der Waals surface area contributed by atoms with Crippen molar-refractivity contribution in [1.29, 1.82) is 0 Å².